The first-order chi connectivity index (χ1) is 9.26. The molecule has 0 spiro atoms. The monoisotopic (exact) mass is 259 g/mol. The number of halogens is 1. The van der Waals surface area contributed by atoms with Crippen LogP contribution < -0.4 is 10.6 Å². The van der Waals surface area contributed by atoms with Crippen LogP contribution in [-0.2, 0) is 13.1 Å². The third kappa shape index (κ3) is 3.09. The Morgan fingerprint density at radius 3 is 2.53 bits per heavy atom. The van der Waals surface area contributed by atoms with Gasteiger partial charge in [0.2, 0.25) is 0 Å². The zero-order valence-electron chi connectivity index (χ0n) is 11.0. The van der Waals surface area contributed by atoms with Crippen LogP contribution in [0.25, 0.3) is 0 Å². The van der Waals surface area contributed by atoms with Crippen molar-refractivity contribution >= 4 is 5.82 Å². The van der Waals surface area contributed by atoms with Crippen molar-refractivity contribution in [3.8, 4) is 0 Å². The molecular weight excluding hydrogens is 241 g/mol. The highest BCUT2D eigenvalue weighted by Gasteiger charge is 2.12. The maximum Gasteiger partial charge on any atom is 0.165 e. The average Bonchev–Trinajstić information content (AvgIpc) is 2.46. The molecular formula is C15H18FN3. The smallest absolute Gasteiger partial charge is 0.165 e. The molecule has 3 nitrogen and oxygen atoms in total. The normalized spacial score (nSPS) is 10.5. The second kappa shape index (κ2) is 6.29. The number of nitrogens with zero attached hydrogens (tertiary/aromatic N) is 2. The average molecular weight is 259 g/mol. The van der Waals surface area contributed by atoms with Crippen molar-refractivity contribution in [2.24, 2.45) is 5.73 Å². The van der Waals surface area contributed by atoms with E-state index in [1.165, 1.54) is 6.07 Å². The van der Waals surface area contributed by atoms with Gasteiger partial charge in [-0.3, -0.25) is 0 Å². The van der Waals surface area contributed by atoms with Crippen LogP contribution in [0.15, 0.2) is 42.6 Å². The van der Waals surface area contributed by atoms with Crippen molar-refractivity contribution in [2.45, 2.75) is 20.0 Å². The molecule has 100 valence electrons. The number of rotatable bonds is 5. The Hall–Kier alpha value is -1.94. The molecule has 0 atom stereocenters. The first kappa shape index (κ1) is 13.5. The lowest BCUT2D eigenvalue weighted by Crippen LogP contribution is -2.25. The highest BCUT2D eigenvalue weighted by atomic mass is 19.1. The summed E-state index contributed by atoms with van der Waals surface area (Å²) in [6, 6.07) is 11.0. The zero-order valence-corrected chi connectivity index (χ0v) is 11.0. The van der Waals surface area contributed by atoms with Crippen molar-refractivity contribution in [3.05, 3.63) is 59.5 Å². The SMILES string of the molecule is CCN(Cc1ccccc1CN)c1ncccc1F. The fourth-order valence-electron chi connectivity index (χ4n) is 2.06. The summed E-state index contributed by atoms with van der Waals surface area (Å²) in [6.07, 6.45) is 1.61. The van der Waals surface area contributed by atoms with Gasteiger partial charge in [0.05, 0.1) is 0 Å². The van der Waals surface area contributed by atoms with Gasteiger partial charge < -0.3 is 10.6 Å². The van der Waals surface area contributed by atoms with Gasteiger partial charge in [0, 0.05) is 25.8 Å². The predicted molar refractivity (Wildman–Crippen MR) is 75.3 cm³/mol. The van der Waals surface area contributed by atoms with E-state index in [2.05, 4.69) is 4.98 Å². The number of pyridine rings is 1. The fraction of sp³-hybridized carbons (Fsp3) is 0.267. The Kier molecular flexibility index (Phi) is 4.47. The first-order valence-electron chi connectivity index (χ1n) is 6.38. The number of aromatic nitrogens is 1. The molecule has 0 unspecified atom stereocenters. The minimum atomic E-state index is -0.297. The molecule has 1 heterocycles. The van der Waals surface area contributed by atoms with E-state index in [-0.39, 0.29) is 5.82 Å². The second-order valence-corrected chi connectivity index (χ2v) is 4.30. The molecule has 0 fully saturated rings. The van der Waals surface area contributed by atoms with Crippen molar-refractivity contribution < 1.29 is 4.39 Å². The maximum atomic E-state index is 13.8. The van der Waals surface area contributed by atoms with E-state index in [9.17, 15) is 4.39 Å². The standard InChI is InChI=1S/C15H18FN3/c1-2-19(15-14(16)8-5-9-18-15)11-13-7-4-3-6-12(13)10-17/h3-9H,2,10-11,17H2,1H3. The minimum Gasteiger partial charge on any atom is -0.350 e. The summed E-state index contributed by atoms with van der Waals surface area (Å²) in [5.74, 6) is 0.0893. The Morgan fingerprint density at radius 1 is 1.16 bits per heavy atom. The van der Waals surface area contributed by atoms with Gasteiger partial charge in [-0.05, 0) is 30.2 Å². The number of hydrogen-bond acceptors (Lipinski definition) is 3. The lowest BCUT2D eigenvalue weighted by atomic mass is 10.1. The van der Waals surface area contributed by atoms with E-state index in [1.807, 2.05) is 36.1 Å². The Morgan fingerprint density at radius 2 is 1.89 bits per heavy atom. The van der Waals surface area contributed by atoms with E-state index < -0.39 is 0 Å². The van der Waals surface area contributed by atoms with Gasteiger partial charge in [-0.2, -0.15) is 0 Å². The summed E-state index contributed by atoms with van der Waals surface area (Å²) < 4.78 is 13.8. The second-order valence-electron chi connectivity index (χ2n) is 4.30. The predicted octanol–water partition coefficient (Wildman–Crippen LogP) is 2.71. The molecule has 0 saturated heterocycles. The van der Waals surface area contributed by atoms with Crippen LogP contribution in [-0.4, -0.2) is 11.5 Å². The van der Waals surface area contributed by atoms with Gasteiger partial charge in [0.1, 0.15) is 0 Å². The molecule has 0 aliphatic heterocycles. The van der Waals surface area contributed by atoms with Crippen molar-refractivity contribution in [3.63, 3.8) is 0 Å². The molecule has 0 aliphatic rings. The molecule has 2 aromatic rings. The van der Waals surface area contributed by atoms with Crippen LogP contribution in [0.3, 0.4) is 0 Å². The van der Waals surface area contributed by atoms with E-state index in [0.717, 1.165) is 11.1 Å². The molecule has 0 aliphatic carbocycles. The minimum absolute atomic E-state index is 0.297. The first-order valence-corrected chi connectivity index (χ1v) is 6.38. The van der Waals surface area contributed by atoms with Crippen LogP contribution in [0.4, 0.5) is 10.2 Å². The highest BCUT2D eigenvalue weighted by molar-refractivity contribution is 5.41. The van der Waals surface area contributed by atoms with Gasteiger partial charge in [0.15, 0.2) is 11.6 Å². The summed E-state index contributed by atoms with van der Waals surface area (Å²) in [7, 11) is 0. The topological polar surface area (TPSA) is 42.1 Å². The molecule has 1 aromatic heterocycles. The third-order valence-corrected chi connectivity index (χ3v) is 3.12. The number of nitrogens with two attached hydrogens (primary N) is 1. The van der Waals surface area contributed by atoms with Crippen molar-refractivity contribution in [2.75, 3.05) is 11.4 Å². The molecule has 0 amide bonds. The number of hydrogen-bond donors (Lipinski definition) is 1. The molecule has 0 saturated carbocycles. The highest BCUT2D eigenvalue weighted by Crippen LogP contribution is 2.19. The van der Waals surface area contributed by atoms with Gasteiger partial charge in [-0.25, -0.2) is 9.37 Å². The van der Waals surface area contributed by atoms with Gasteiger partial charge >= 0.3 is 0 Å². The lowest BCUT2D eigenvalue weighted by molar-refractivity contribution is 0.609. The summed E-state index contributed by atoms with van der Waals surface area (Å²) in [5, 5.41) is 0. The Labute approximate surface area is 112 Å². The van der Waals surface area contributed by atoms with E-state index >= 15 is 0 Å². The summed E-state index contributed by atoms with van der Waals surface area (Å²) >= 11 is 0. The number of benzene rings is 1. The van der Waals surface area contributed by atoms with E-state index in [1.54, 1.807) is 12.3 Å². The number of anilines is 1. The quantitative estimate of drug-likeness (QED) is 0.897. The Bertz CT molecular complexity index is 542. The largest absolute Gasteiger partial charge is 0.350 e. The van der Waals surface area contributed by atoms with Crippen molar-refractivity contribution in [1.82, 2.24) is 4.98 Å². The lowest BCUT2D eigenvalue weighted by Gasteiger charge is -2.23. The molecule has 1 aromatic carbocycles. The molecule has 2 rings (SSSR count). The van der Waals surface area contributed by atoms with Crippen LogP contribution in [0, 0.1) is 5.82 Å². The van der Waals surface area contributed by atoms with Gasteiger partial charge in [-0.1, -0.05) is 24.3 Å². The molecule has 0 radical (unpaired) electrons. The summed E-state index contributed by atoms with van der Waals surface area (Å²) in [5.41, 5.74) is 7.92. The van der Waals surface area contributed by atoms with E-state index in [0.29, 0.717) is 25.5 Å². The summed E-state index contributed by atoms with van der Waals surface area (Å²) in [6.45, 7) is 3.77. The van der Waals surface area contributed by atoms with Crippen LogP contribution in [0.2, 0.25) is 0 Å². The zero-order chi connectivity index (χ0) is 13.7. The molecule has 2 N–H and O–H groups in total. The molecule has 19 heavy (non-hydrogen) atoms. The van der Waals surface area contributed by atoms with Gasteiger partial charge in [-0.15, -0.1) is 0 Å². The Balaban J connectivity index is 2.27. The molecule has 4 heteroatoms. The van der Waals surface area contributed by atoms with Gasteiger partial charge in [0.25, 0.3) is 0 Å². The third-order valence-electron chi connectivity index (χ3n) is 3.12. The van der Waals surface area contributed by atoms with Crippen LogP contribution >= 0.6 is 0 Å². The van der Waals surface area contributed by atoms with E-state index in [4.69, 9.17) is 5.73 Å². The van der Waals surface area contributed by atoms with Crippen LogP contribution in [0.1, 0.15) is 18.1 Å². The fourth-order valence-corrected chi connectivity index (χ4v) is 2.06. The van der Waals surface area contributed by atoms with Crippen LogP contribution in [0.5, 0.6) is 0 Å². The summed E-state index contributed by atoms with van der Waals surface area (Å²) in [4.78, 5) is 6.03. The van der Waals surface area contributed by atoms with Crippen molar-refractivity contribution in [1.29, 1.82) is 0 Å². The maximum absolute atomic E-state index is 13.8. The molecule has 0 bridgehead atoms.